The Morgan fingerprint density at radius 3 is 1.69 bits per heavy atom. The molecule has 0 heterocycles. The van der Waals surface area contributed by atoms with Gasteiger partial charge in [-0.3, -0.25) is 9.13 Å². The highest BCUT2D eigenvalue weighted by molar-refractivity contribution is 9.09. The summed E-state index contributed by atoms with van der Waals surface area (Å²) in [6, 6.07) is 0. The van der Waals surface area contributed by atoms with Crippen LogP contribution in [0.3, 0.4) is 0 Å². The van der Waals surface area contributed by atoms with E-state index >= 15 is 0 Å². The summed E-state index contributed by atoms with van der Waals surface area (Å²) in [6.45, 7) is 0. The van der Waals surface area contributed by atoms with Crippen molar-refractivity contribution in [3.63, 3.8) is 0 Å². The topological polar surface area (TPSA) is 115 Å². The first-order valence-corrected chi connectivity index (χ1v) is 9.34. The Balaban J connectivity index is 4.17. The number of halogens is 1. The second kappa shape index (κ2) is 7.27. The zero-order valence-electron chi connectivity index (χ0n) is 8.70. The van der Waals surface area contributed by atoms with Crippen molar-refractivity contribution in [3.05, 3.63) is 0 Å². The van der Waals surface area contributed by atoms with E-state index in [2.05, 4.69) is 15.9 Å². The largest absolute Gasteiger partial charge is 0.340 e. The normalized spacial score (nSPS) is 13.4. The van der Waals surface area contributed by atoms with Gasteiger partial charge in [-0.25, -0.2) is 0 Å². The lowest BCUT2D eigenvalue weighted by Gasteiger charge is -2.19. The predicted octanol–water partition coefficient (Wildman–Crippen LogP) is 2.01. The number of alkyl halides is 1. The second-order valence-corrected chi connectivity index (χ2v) is 8.35. The zero-order valence-corrected chi connectivity index (χ0v) is 12.1. The smallest absolute Gasteiger partial charge is 0.324 e. The van der Waals surface area contributed by atoms with Gasteiger partial charge in [-0.1, -0.05) is 35.2 Å². The van der Waals surface area contributed by atoms with E-state index in [0.29, 0.717) is 12.8 Å². The van der Waals surface area contributed by atoms with Crippen LogP contribution in [0.25, 0.3) is 0 Å². The molecule has 0 bridgehead atoms. The Morgan fingerprint density at radius 1 is 0.875 bits per heavy atom. The SMILES string of the molecule is O=P(O)(O)C(CCCCCCBr)P(=O)(O)O. The van der Waals surface area contributed by atoms with Crippen LogP contribution in [0.4, 0.5) is 0 Å². The molecule has 0 fully saturated rings. The van der Waals surface area contributed by atoms with E-state index in [1.165, 1.54) is 0 Å². The van der Waals surface area contributed by atoms with E-state index in [1.807, 2.05) is 0 Å². The molecule has 98 valence electrons. The summed E-state index contributed by atoms with van der Waals surface area (Å²) in [5.74, 6) is 0. The summed E-state index contributed by atoms with van der Waals surface area (Å²) >= 11 is 3.24. The lowest BCUT2D eigenvalue weighted by Crippen LogP contribution is -2.09. The quantitative estimate of drug-likeness (QED) is 0.306. The Kier molecular flexibility index (Phi) is 7.62. The maximum Gasteiger partial charge on any atom is 0.340 e. The third kappa shape index (κ3) is 7.17. The van der Waals surface area contributed by atoms with Gasteiger partial charge in [-0.2, -0.15) is 0 Å². The monoisotopic (exact) mass is 338 g/mol. The molecule has 0 saturated heterocycles. The molecular weight excluding hydrogens is 322 g/mol. The van der Waals surface area contributed by atoms with Gasteiger partial charge >= 0.3 is 15.2 Å². The van der Waals surface area contributed by atoms with Gasteiger partial charge in [-0.15, -0.1) is 0 Å². The van der Waals surface area contributed by atoms with Gasteiger partial charge in [0.15, 0.2) is 5.40 Å². The van der Waals surface area contributed by atoms with Crippen LogP contribution in [0.5, 0.6) is 0 Å². The first-order chi connectivity index (χ1) is 7.19. The average Bonchev–Trinajstić information content (AvgIpc) is 2.06. The summed E-state index contributed by atoms with van der Waals surface area (Å²) in [5, 5.41) is -0.989. The van der Waals surface area contributed by atoms with Crippen molar-refractivity contribution in [2.75, 3.05) is 5.33 Å². The van der Waals surface area contributed by atoms with E-state index in [0.717, 1.165) is 18.2 Å². The Hall–Kier alpha value is 0.780. The van der Waals surface area contributed by atoms with Crippen LogP contribution < -0.4 is 0 Å². The third-order valence-electron chi connectivity index (χ3n) is 2.12. The van der Waals surface area contributed by atoms with E-state index in [-0.39, 0.29) is 6.42 Å². The first-order valence-electron chi connectivity index (χ1n) is 4.86. The molecule has 0 aliphatic rings. The number of hydrogen-bond acceptors (Lipinski definition) is 2. The van der Waals surface area contributed by atoms with Gasteiger partial charge in [0, 0.05) is 5.33 Å². The Bertz CT molecular complexity index is 263. The van der Waals surface area contributed by atoms with Gasteiger partial charge in [0.25, 0.3) is 0 Å². The number of unbranched alkanes of at least 4 members (excludes halogenated alkanes) is 3. The minimum Gasteiger partial charge on any atom is -0.324 e. The predicted molar refractivity (Wildman–Crippen MR) is 64.8 cm³/mol. The number of hydrogen-bond donors (Lipinski definition) is 4. The van der Waals surface area contributed by atoms with Crippen molar-refractivity contribution < 1.29 is 28.7 Å². The molecule has 0 radical (unpaired) electrons. The van der Waals surface area contributed by atoms with Crippen LogP contribution in [0.15, 0.2) is 0 Å². The Morgan fingerprint density at radius 2 is 1.31 bits per heavy atom. The van der Waals surface area contributed by atoms with E-state index < -0.39 is 20.6 Å². The molecule has 0 saturated carbocycles. The minimum atomic E-state index is -4.73. The molecule has 0 aliphatic heterocycles. The fourth-order valence-corrected chi connectivity index (χ4v) is 4.31. The molecular formula is C7H17BrO6P2. The third-order valence-corrected chi connectivity index (χ3v) is 6.56. The molecule has 4 N–H and O–H groups in total. The molecule has 9 heteroatoms. The fourth-order valence-electron chi connectivity index (χ4n) is 1.31. The zero-order chi connectivity index (χ0) is 12.8. The van der Waals surface area contributed by atoms with Crippen molar-refractivity contribution in [1.82, 2.24) is 0 Å². The molecule has 0 spiro atoms. The molecule has 0 aromatic heterocycles. The van der Waals surface area contributed by atoms with Crippen molar-refractivity contribution >= 4 is 31.1 Å². The highest BCUT2D eigenvalue weighted by Crippen LogP contribution is 2.61. The molecule has 0 rings (SSSR count). The maximum absolute atomic E-state index is 10.9. The summed E-state index contributed by atoms with van der Waals surface area (Å²) < 4.78 is 21.8. The molecule has 16 heavy (non-hydrogen) atoms. The standard InChI is InChI=1S/C7H17BrO6P2/c8-6-4-2-1-3-5-7(15(9,10)11)16(12,13)14/h7H,1-6H2,(H2,9,10,11)(H2,12,13,14). The highest BCUT2D eigenvalue weighted by Gasteiger charge is 2.42. The molecule has 0 unspecified atom stereocenters. The molecule has 0 aromatic rings. The van der Waals surface area contributed by atoms with E-state index in [4.69, 9.17) is 19.6 Å². The van der Waals surface area contributed by atoms with Crippen molar-refractivity contribution in [1.29, 1.82) is 0 Å². The molecule has 0 atom stereocenters. The summed E-state index contributed by atoms with van der Waals surface area (Å²) in [4.78, 5) is 35.3. The van der Waals surface area contributed by atoms with Gasteiger partial charge in [0.2, 0.25) is 0 Å². The lowest BCUT2D eigenvalue weighted by molar-refractivity contribution is 0.333. The van der Waals surface area contributed by atoms with Crippen molar-refractivity contribution in [3.8, 4) is 0 Å². The molecule has 0 aromatic carbocycles. The van der Waals surface area contributed by atoms with E-state index in [9.17, 15) is 9.13 Å². The average molecular weight is 339 g/mol. The minimum absolute atomic E-state index is 0.142. The summed E-state index contributed by atoms with van der Waals surface area (Å²) in [5.41, 5.74) is 0. The summed E-state index contributed by atoms with van der Waals surface area (Å²) in [6.07, 6.45) is 2.80. The maximum atomic E-state index is 10.9. The van der Waals surface area contributed by atoms with Gasteiger partial charge in [0.05, 0.1) is 0 Å². The van der Waals surface area contributed by atoms with Crippen LogP contribution >= 0.6 is 31.1 Å². The lowest BCUT2D eigenvalue weighted by atomic mass is 10.2. The van der Waals surface area contributed by atoms with Crippen LogP contribution in [-0.4, -0.2) is 30.3 Å². The molecule has 0 amide bonds. The van der Waals surface area contributed by atoms with Crippen molar-refractivity contribution in [2.24, 2.45) is 0 Å². The van der Waals surface area contributed by atoms with Crippen LogP contribution in [0.1, 0.15) is 32.1 Å². The van der Waals surface area contributed by atoms with Crippen LogP contribution in [0.2, 0.25) is 0 Å². The van der Waals surface area contributed by atoms with Gasteiger partial charge in [0.1, 0.15) is 0 Å². The first kappa shape index (κ1) is 16.8. The van der Waals surface area contributed by atoms with Crippen LogP contribution in [0, 0.1) is 0 Å². The second-order valence-electron chi connectivity index (χ2n) is 3.55. The molecule has 0 aliphatic carbocycles. The Labute approximate surface area is 103 Å². The summed E-state index contributed by atoms with van der Waals surface area (Å²) in [7, 11) is -9.45. The van der Waals surface area contributed by atoms with E-state index in [1.54, 1.807) is 0 Å². The van der Waals surface area contributed by atoms with Gasteiger partial charge in [-0.05, 0) is 12.8 Å². The van der Waals surface area contributed by atoms with Crippen molar-refractivity contribution in [2.45, 2.75) is 37.5 Å². The van der Waals surface area contributed by atoms with Gasteiger partial charge < -0.3 is 19.6 Å². The number of rotatable bonds is 8. The molecule has 6 nitrogen and oxygen atoms in total. The van der Waals surface area contributed by atoms with Crippen LogP contribution in [-0.2, 0) is 9.13 Å². The highest BCUT2D eigenvalue weighted by atomic mass is 79.9. The fraction of sp³-hybridized carbons (Fsp3) is 1.00.